The van der Waals surface area contributed by atoms with Gasteiger partial charge >= 0.3 is 5.97 Å². The number of aromatic hydroxyl groups is 1. The maximum absolute atomic E-state index is 11.6. The average molecular weight is 222 g/mol. The number of carbonyl (C=O) groups is 1. The molecular formula is C12H14O4. The largest absolute Gasteiger partial charge is 0.507 e. The Morgan fingerprint density at radius 2 is 2.31 bits per heavy atom. The SMILES string of the molecule is O=C(OC[C@H]1CCCO1)c1ccccc1O. The molecule has 0 amide bonds. The molecule has 1 aliphatic rings. The number of phenols is 1. The fourth-order valence-electron chi connectivity index (χ4n) is 1.67. The van der Waals surface area contributed by atoms with Gasteiger partial charge in [0.1, 0.15) is 17.9 Å². The van der Waals surface area contributed by atoms with Crippen molar-refractivity contribution in [2.24, 2.45) is 0 Å². The standard InChI is InChI=1S/C12H14O4/c13-11-6-2-1-5-10(11)12(14)16-8-9-4-3-7-15-9/h1-2,5-6,9,13H,3-4,7-8H2/t9-/m1/s1. The van der Waals surface area contributed by atoms with Crippen LogP contribution in [0.25, 0.3) is 0 Å². The first-order valence-corrected chi connectivity index (χ1v) is 5.34. The van der Waals surface area contributed by atoms with Crippen LogP contribution in [0.2, 0.25) is 0 Å². The van der Waals surface area contributed by atoms with Crippen LogP contribution in [0.3, 0.4) is 0 Å². The molecule has 1 fully saturated rings. The molecular weight excluding hydrogens is 208 g/mol. The Hall–Kier alpha value is -1.55. The fourth-order valence-corrected chi connectivity index (χ4v) is 1.67. The minimum absolute atomic E-state index is 0.00908. The predicted molar refractivity (Wildman–Crippen MR) is 57.4 cm³/mol. The Labute approximate surface area is 93.8 Å². The number of esters is 1. The van der Waals surface area contributed by atoms with Crippen molar-refractivity contribution >= 4 is 5.97 Å². The van der Waals surface area contributed by atoms with Crippen LogP contribution < -0.4 is 0 Å². The maximum Gasteiger partial charge on any atom is 0.342 e. The lowest BCUT2D eigenvalue weighted by molar-refractivity contribution is 0.0159. The molecule has 0 aromatic heterocycles. The molecule has 1 aliphatic heterocycles. The van der Waals surface area contributed by atoms with Crippen molar-refractivity contribution in [3.05, 3.63) is 29.8 Å². The monoisotopic (exact) mass is 222 g/mol. The molecule has 1 saturated heterocycles. The number of phenolic OH excluding ortho intramolecular Hbond substituents is 1. The van der Waals surface area contributed by atoms with Gasteiger partial charge < -0.3 is 14.6 Å². The summed E-state index contributed by atoms with van der Waals surface area (Å²) in [6, 6.07) is 6.34. The third-order valence-electron chi connectivity index (χ3n) is 2.55. The summed E-state index contributed by atoms with van der Waals surface area (Å²) in [6.45, 7) is 0.992. The number of hydrogen-bond donors (Lipinski definition) is 1. The van der Waals surface area contributed by atoms with E-state index in [1.165, 1.54) is 12.1 Å². The van der Waals surface area contributed by atoms with Gasteiger partial charge in [0.15, 0.2) is 0 Å². The van der Waals surface area contributed by atoms with Crippen molar-refractivity contribution in [1.82, 2.24) is 0 Å². The predicted octanol–water partition coefficient (Wildman–Crippen LogP) is 1.73. The summed E-state index contributed by atoms with van der Waals surface area (Å²) in [4.78, 5) is 11.6. The zero-order chi connectivity index (χ0) is 11.4. The van der Waals surface area contributed by atoms with E-state index in [4.69, 9.17) is 9.47 Å². The van der Waals surface area contributed by atoms with Crippen LogP contribution in [-0.4, -0.2) is 30.4 Å². The van der Waals surface area contributed by atoms with E-state index in [1.54, 1.807) is 12.1 Å². The van der Waals surface area contributed by atoms with E-state index in [1.807, 2.05) is 0 Å². The molecule has 0 unspecified atom stereocenters. The van der Waals surface area contributed by atoms with Gasteiger partial charge in [-0.25, -0.2) is 4.79 Å². The normalized spacial score (nSPS) is 19.6. The first-order valence-electron chi connectivity index (χ1n) is 5.34. The van der Waals surface area contributed by atoms with E-state index in [9.17, 15) is 9.90 Å². The third kappa shape index (κ3) is 2.52. The molecule has 0 saturated carbocycles. The van der Waals surface area contributed by atoms with Gasteiger partial charge in [0, 0.05) is 6.61 Å². The average Bonchev–Trinajstić information content (AvgIpc) is 2.79. The Morgan fingerprint density at radius 3 is 3.00 bits per heavy atom. The van der Waals surface area contributed by atoms with Crippen LogP contribution in [0.15, 0.2) is 24.3 Å². The van der Waals surface area contributed by atoms with E-state index in [2.05, 4.69) is 0 Å². The molecule has 4 heteroatoms. The lowest BCUT2D eigenvalue weighted by atomic mass is 10.2. The van der Waals surface area contributed by atoms with Crippen LogP contribution in [0, 0.1) is 0 Å². The van der Waals surface area contributed by atoms with Crippen LogP contribution in [0.5, 0.6) is 5.75 Å². The summed E-state index contributed by atoms with van der Waals surface area (Å²) in [5.74, 6) is -0.562. The van der Waals surface area contributed by atoms with Gasteiger partial charge in [-0.2, -0.15) is 0 Å². The van der Waals surface area contributed by atoms with E-state index in [-0.39, 0.29) is 24.0 Å². The highest BCUT2D eigenvalue weighted by molar-refractivity contribution is 5.92. The maximum atomic E-state index is 11.6. The van der Waals surface area contributed by atoms with E-state index < -0.39 is 5.97 Å². The van der Waals surface area contributed by atoms with Gasteiger partial charge in [0.2, 0.25) is 0 Å². The first-order chi connectivity index (χ1) is 7.77. The van der Waals surface area contributed by atoms with Crippen LogP contribution in [0.1, 0.15) is 23.2 Å². The number of carbonyl (C=O) groups excluding carboxylic acids is 1. The van der Waals surface area contributed by atoms with Gasteiger partial charge in [-0.05, 0) is 25.0 Å². The second kappa shape index (κ2) is 4.99. The topological polar surface area (TPSA) is 55.8 Å². The number of ether oxygens (including phenoxy) is 2. The number of rotatable bonds is 3. The molecule has 1 heterocycles. The molecule has 1 N–H and O–H groups in total. The summed E-state index contributed by atoms with van der Waals surface area (Å²) in [7, 11) is 0. The highest BCUT2D eigenvalue weighted by Gasteiger charge is 2.19. The van der Waals surface area contributed by atoms with Crippen molar-refractivity contribution in [1.29, 1.82) is 0 Å². The van der Waals surface area contributed by atoms with Gasteiger partial charge in [0.25, 0.3) is 0 Å². The molecule has 0 radical (unpaired) electrons. The quantitative estimate of drug-likeness (QED) is 0.791. The summed E-state index contributed by atoms with van der Waals surface area (Å²) in [5.41, 5.74) is 0.195. The molecule has 0 bridgehead atoms. The molecule has 0 spiro atoms. The highest BCUT2D eigenvalue weighted by atomic mass is 16.6. The summed E-state index contributed by atoms with van der Waals surface area (Å²) >= 11 is 0. The molecule has 2 rings (SSSR count). The van der Waals surface area contributed by atoms with Crippen LogP contribution in [-0.2, 0) is 9.47 Å². The van der Waals surface area contributed by atoms with Crippen molar-refractivity contribution in [3.8, 4) is 5.75 Å². The molecule has 1 aromatic rings. The molecule has 1 aromatic carbocycles. The lowest BCUT2D eigenvalue weighted by Crippen LogP contribution is -2.17. The zero-order valence-corrected chi connectivity index (χ0v) is 8.89. The first kappa shape index (κ1) is 11.0. The molecule has 86 valence electrons. The Morgan fingerprint density at radius 1 is 1.50 bits per heavy atom. The van der Waals surface area contributed by atoms with E-state index in [0.29, 0.717) is 0 Å². The third-order valence-corrected chi connectivity index (χ3v) is 2.55. The fraction of sp³-hybridized carbons (Fsp3) is 0.417. The Kier molecular flexibility index (Phi) is 3.41. The van der Waals surface area contributed by atoms with E-state index >= 15 is 0 Å². The lowest BCUT2D eigenvalue weighted by Gasteiger charge is -2.10. The smallest absolute Gasteiger partial charge is 0.342 e. The van der Waals surface area contributed by atoms with Crippen molar-refractivity contribution in [2.45, 2.75) is 18.9 Å². The number of benzene rings is 1. The zero-order valence-electron chi connectivity index (χ0n) is 8.89. The van der Waals surface area contributed by atoms with Crippen molar-refractivity contribution < 1.29 is 19.4 Å². The van der Waals surface area contributed by atoms with Gasteiger partial charge in [-0.1, -0.05) is 12.1 Å². The van der Waals surface area contributed by atoms with Gasteiger partial charge in [0.05, 0.1) is 6.10 Å². The van der Waals surface area contributed by atoms with Crippen LogP contribution >= 0.6 is 0 Å². The number of para-hydroxylation sites is 1. The molecule has 4 nitrogen and oxygen atoms in total. The highest BCUT2D eigenvalue weighted by Crippen LogP contribution is 2.18. The summed E-state index contributed by atoms with van der Waals surface area (Å²) < 4.78 is 10.4. The van der Waals surface area contributed by atoms with Crippen LogP contribution in [0.4, 0.5) is 0 Å². The minimum Gasteiger partial charge on any atom is -0.507 e. The second-order valence-electron chi connectivity index (χ2n) is 3.75. The van der Waals surface area contributed by atoms with Gasteiger partial charge in [-0.3, -0.25) is 0 Å². The molecule has 1 atom stereocenters. The van der Waals surface area contributed by atoms with Crippen molar-refractivity contribution in [2.75, 3.05) is 13.2 Å². The van der Waals surface area contributed by atoms with Gasteiger partial charge in [-0.15, -0.1) is 0 Å². The molecule has 16 heavy (non-hydrogen) atoms. The Bertz CT molecular complexity index is 369. The Balaban J connectivity index is 1.90. The second-order valence-corrected chi connectivity index (χ2v) is 3.75. The van der Waals surface area contributed by atoms with E-state index in [0.717, 1.165) is 19.4 Å². The number of hydrogen-bond acceptors (Lipinski definition) is 4. The minimum atomic E-state index is -0.506. The summed E-state index contributed by atoms with van der Waals surface area (Å²) in [5, 5.41) is 9.44. The molecule has 0 aliphatic carbocycles. The summed E-state index contributed by atoms with van der Waals surface area (Å²) in [6.07, 6.45) is 1.95. The van der Waals surface area contributed by atoms with Crippen molar-refractivity contribution in [3.63, 3.8) is 0 Å².